The molecule has 2 atom stereocenters. The average molecular weight is 188 g/mol. The van der Waals surface area contributed by atoms with Crippen LogP contribution < -0.4 is 5.32 Å². The number of nitrogens with one attached hydrogen (secondary N) is 1. The molecule has 0 saturated carbocycles. The van der Waals surface area contributed by atoms with Crippen molar-refractivity contribution in [1.82, 2.24) is 10.3 Å². The maximum absolute atomic E-state index is 5.38. The second kappa shape index (κ2) is 5.41. The molecule has 14 heavy (non-hydrogen) atoms. The number of hydrogen-bond acceptors (Lipinski definition) is 2. The van der Waals surface area contributed by atoms with Crippen molar-refractivity contribution in [3.05, 3.63) is 30.1 Å². The first-order valence-electron chi connectivity index (χ1n) is 4.90. The molecule has 0 radical (unpaired) electrons. The number of aromatic nitrogens is 1. The van der Waals surface area contributed by atoms with Crippen LogP contribution in [0.2, 0.25) is 0 Å². The van der Waals surface area contributed by atoms with Gasteiger partial charge in [-0.05, 0) is 31.0 Å². The molecule has 0 spiro atoms. The Hall–Kier alpha value is -1.33. The van der Waals surface area contributed by atoms with Gasteiger partial charge in [-0.25, -0.2) is 0 Å². The van der Waals surface area contributed by atoms with Crippen LogP contribution in [0.25, 0.3) is 0 Å². The van der Waals surface area contributed by atoms with E-state index in [0.29, 0.717) is 0 Å². The van der Waals surface area contributed by atoms with Crippen molar-refractivity contribution >= 4 is 0 Å². The first-order chi connectivity index (χ1) is 6.77. The lowest BCUT2D eigenvalue weighted by Crippen LogP contribution is -2.29. The summed E-state index contributed by atoms with van der Waals surface area (Å²) in [7, 11) is 0. The second-order valence-electron chi connectivity index (χ2n) is 3.30. The predicted molar refractivity (Wildman–Crippen MR) is 58.7 cm³/mol. The zero-order chi connectivity index (χ0) is 10.4. The van der Waals surface area contributed by atoms with Crippen LogP contribution in [0, 0.1) is 12.3 Å². The van der Waals surface area contributed by atoms with Gasteiger partial charge in [0, 0.05) is 18.4 Å². The Bertz CT molecular complexity index is 300. The Morgan fingerprint density at radius 3 is 2.64 bits per heavy atom. The minimum absolute atomic E-state index is 0.151. The topological polar surface area (TPSA) is 24.9 Å². The van der Waals surface area contributed by atoms with E-state index in [1.54, 1.807) is 12.4 Å². The zero-order valence-corrected chi connectivity index (χ0v) is 8.70. The largest absolute Gasteiger partial charge is 0.297 e. The Morgan fingerprint density at radius 1 is 1.50 bits per heavy atom. The van der Waals surface area contributed by atoms with Crippen molar-refractivity contribution in [1.29, 1.82) is 0 Å². The highest BCUT2D eigenvalue weighted by molar-refractivity contribution is 5.15. The fourth-order valence-electron chi connectivity index (χ4n) is 1.33. The maximum Gasteiger partial charge on any atom is 0.0688 e. The van der Waals surface area contributed by atoms with Crippen LogP contribution in [0.5, 0.6) is 0 Å². The molecular formula is C12H16N2. The van der Waals surface area contributed by atoms with Gasteiger partial charge < -0.3 is 0 Å². The summed E-state index contributed by atoms with van der Waals surface area (Å²) >= 11 is 0. The van der Waals surface area contributed by atoms with Crippen molar-refractivity contribution in [3.8, 4) is 12.3 Å². The zero-order valence-electron chi connectivity index (χ0n) is 8.70. The normalized spacial score (nSPS) is 14.4. The third-order valence-corrected chi connectivity index (χ3v) is 2.27. The predicted octanol–water partition coefficient (Wildman–Crippen LogP) is 2.14. The first-order valence-corrected chi connectivity index (χ1v) is 4.90. The smallest absolute Gasteiger partial charge is 0.0688 e. The molecule has 0 bridgehead atoms. The first kappa shape index (κ1) is 10.7. The summed E-state index contributed by atoms with van der Waals surface area (Å²) in [5.41, 5.74) is 1.22. The maximum atomic E-state index is 5.38. The van der Waals surface area contributed by atoms with Gasteiger partial charge >= 0.3 is 0 Å². The summed E-state index contributed by atoms with van der Waals surface area (Å²) in [6, 6.07) is 4.43. The van der Waals surface area contributed by atoms with Gasteiger partial charge in [-0.1, -0.05) is 12.8 Å². The van der Waals surface area contributed by atoms with Crippen LogP contribution >= 0.6 is 0 Å². The van der Waals surface area contributed by atoms with Gasteiger partial charge in [-0.15, -0.1) is 6.42 Å². The molecule has 0 aliphatic carbocycles. The highest BCUT2D eigenvalue weighted by Crippen LogP contribution is 2.11. The number of terminal acetylenes is 1. The molecule has 0 amide bonds. The fraction of sp³-hybridized carbons (Fsp3) is 0.417. The molecule has 0 aliphatic heterocycles. The molecule has 1 aromatic heterocycles. The van der Waals surface area contributed by atoms with Crippen LogP contribution in [0.15, 0.2) is 24.5 Å². The Labute approximate surface area is 85.8 Å². The van der Waals surface area contributed by atoms with E-state index in [9.17, 15) is 0 Å². The van der Waals surface area contributed by atoms with E-state index in [2.05, 4.69) is 30.1 Å². The van der Waals surface area contributed by atoms with E-state index in [1.807, 2.05) is 12.1 Å². The summed E-state index contributed by atoms with van der Waals surface area (Å²) < 4.78 is 0. The quantitative estimate of drug-likeness (QED) is 0.732. The molecule has 0 saturated heterocycles. The van der Waals surface area contributed by atoms with Gasteiger partial charge in [0.05, 0.1) is 6.04 Å². The van der Waals surface area contributed by atoms with Crippen molar-refractivity contribution in [3.63, 3.8) is 0 Å². The molecule has 74 valence electrons. The molecule has 1 aromatic rings. The van der Waals surface area contributed by atoms with Crippen LogP contribution in [-0.4, -0.2) is 11.0 Å². The molecule has 1 heterocycles. The van der Waals surface area contributed by atoms with Crippen LogP contribution in [0.4, 0.5) is 0 Å². The SMILES string of the molecule is C#CC(CC)N[C@@H](C)c1ccncc1. The van der Waals surface area contributed by atoms with E-state index >= 15 is 0 Å². The summed E-state index contributed by atoms with van der Waals surface area (Å²) in [6.45, 7) is 4.19. The number of pyridine rings is 1. The molecular weight excluding hydrogens is 172 g/mol. The van der Waals surface area contributed by atoms with Gasteiger partial charge in [0.15, 0.2) is 0 Å². The summed E-state index contributed by atoms with van der Waals surface area (Å²) in [4.78, 5) is 3.98. The molecule has 2 nitrogen and oxygen atoms in total. The number of hydrogen-bond donors (Lipinski definition) is 1. The average Bonchev–Trinajstić information content (AvgIpc) is 2.26. The van der Waals surface area contributed by atoms with Crippen molar-refractivity contribution in [2.45, 2.75) is 32.4 Å². The lowest BCUT2D eigenvalue weighted by Gasteiger charge is -2.18. The molecule has 2 heteroatoms. The van der Waals surface area contributed by atoms with Gasteiger partial charge in [0.25, 0.3) is 0 Å². The Kier molecular flexibility index (Phi) is 4.15. The molecule has 1 rings (SSSR count). The second-order valence-corrected chi connectivity index (χ2v) is 3.30. The molecule has 1 N–H and O–H groups in total. The third-order valence-electron chi connectivity index (χ3n) is 2.27. The van der Waals surface area contributed by atoms with E-state index in [-0.39, 0.29) is 12.1 Å². The lowest BCUT2D eigenvalue weighted by molar-refractivity contribution is 0.512. The number of nitrogens with zero attached hydrogens (tertiary/aromatic N) is 1. The van der Waals surface area contributed by atoms with E-state index in [4.69, 9.17) is 6.42 Å². The highest BCUT2D eigenvalue weighted by Gasteiger charge is 2.08. The van der Waals surface area contributed by atoms with Crippen LogP contribution in [0.1, 0.15) is 31.9 Å². The third kappa shape index (κ3) is 2.86. The summed E-state index contributed by atoms with van der Waals surface area (Å²) in [5.74, 6) is 2.73. The Balaban J connectivity index is 2.59. The van der Waals surface area contributed by atoms with Crippen molar-refractivity contribution in [2.75, 3.05) is 0 Å². The number of rotatable bonds is 4. The van der Waals surface area contributed by atoms with Gasteiger partial charge in [-0.3, -0.25) is 10.3 Å². The molecule has 0 aliphatic rings. The van der Waals surface area contributed by atoms with Crippen LogP contribution in [0.3, 0.4) is 0 Å². The van der Waals surface area contributed by atoms with E-state index in [1.165, 1.54) is 5.56 Å². The summed E-state index contributed by atoms with van der Waals surface area (Å²) in [6.07, 6.45) is 9.93. The van der Waals surface area contributed by atoms with Gasteiger partial charge in [0.2, 0.25) is 0 Å². The van der Waals surface area contributed by atoms with Crippen molar-refractivity contribution in [2.24, 2.45) is 0 Å². The highest BCUT2D eigenvalue weighted by atomic mass is 14.9. The van der Waals surface area contributed by atoms with E-state index in [0.717, 1.165) is 6.42 Å². The molecule has 1 unspecified atom stereocenters. The van der Waals surface area contributed by atoms with Crippen molar-refractivity contribution < 1.29 is 0 Å². The van der Waals surface area contributed by atoms with Gasteiger partial charge in [0.1, 0.15) is 0 Å². The lowest BCUT2D eigenvalue weighted by atomic mass is 10.1. The van der Waals surface area contributed by atoms with Crippen LogP contribution in [-0.2, 0) is 0 Å². The monoisotopic (exact) mass is 188 g/mol. The fourth-order valence-corrected chi connectivity index (χ4v) is 1.33. The minimum atomic E-state index is 0.151. The molecule has 0 aromatic carbocycles. The Morgan fingerprint density at radius 2 is 2.14 bits per heavy atom. The van der Waals surface area contributed by atoms with E-state index < -0.39 is 0 Å². The molecule has 0 fully saturated rings. The standard InChI is InChI=1S/C12H16N2/c1-4-12(5-2)14-10(3)11-6-8-13-9-7-11/h1,6-10,12,14H,5H2,2-3H3/t10-,12?/m0/s1. The van der Waals surface area contributed by atoms with Gasteiger partial charge in [-0.2, -0.15) is 0 Å². The minimum Gasteiger partial charge on any atom is -0.297 e. The summed E-state index contributed by atoms with van der Waals surface area (Å²) in [5, 5.41) is 3.37.